The number of carbonyl (C=O) groups is 2. The summed E-state index contributed by atoms with van der Waals surface area (Å²) in [5.74, 6) is -3.03. The Kier molecular flexibility index (Phi) is 4.01. The third-order valence-corrected chi connectivity index (χ3v) is 3.51. The maximum absolute atomic E-state index is 13.6. The van der Waals surface area contributed by atoms with Gasteiger partial charge in [-0.3, -0.25) is 9.59 Å². The monoisotopic (exact) mass is 283 g/mol. The molecule has 1 N–H and O–H groups in total. The largest absolute Gasteiger partial charge is 0.481 e. The Morgan fingerprint density at radius 3 is 2.70 bits per heavy atom. The van der Waals surface area contributed by atoms with E-state index in [9.17, 15) is 18.4 Å². The van der Waals surface area contributed by atoms with Gasteiger partial charge in [0.2, 0.25) is 5.91 Å². The van der Waals surface area contributed by atoms with E-state index in [4.69, 9.17) is 5.11 Å². The maximum atomic E-state index is 13.6. The van der Waals surface area contributed by atoms with Gasteiger partial charge >= 0.3 is 5.97 Å². The molecule has 2 rings (SSSR count). The van der Waals surface area contributed by atoms with Gasteiger partial charge in [0, 0.05) is 25.6 Å². The van der Waals surface area contributed by atoms with Gasteiger partial charge in [-0.15, -0.1) is 0 Å². The Labute approximate surface area is 115 Å². The highest BCUT2D eigenvalue weighted by Gasteiger charge is 2.46. The van der Waals surface area contributed by atoms with Crippen LogP contribution in [0.25, 0.3) is 0 Å². The topological polar surface area (TPSA) is 57.6 Å². The zero-order valence-electron chi connectivity index (χ0n) is 11.0. The average Bonchev–Trinajstić information content (AvgIpc) is 3.15. The van der Waals surface area contributed by atoms with Crippen molar-refractivity contribution in [2.24, 2.45) is 5.92 Å². The molecule has 1 saturated carbocycles. The zero-order valence-corrected chi connectivity index (χ0v) is 11.0. The zero-order chi connectivity index (χ0) is 14.9. The molecule has 1 aromatic rings. The first kappa shape index (κ1) is 14.4. The van der Waals surface area contributed by atoms with Crippen molar-refractivity contribution in [3.63, 3.8) is 0 Å². The number of halogens is 2. The van der Waals surface area contributed by atoms with Gasteiger partial charge in [0.1, 0.15) is 11.6 Å². The van der Waals surface area contributed by atoms with Crippen molar-refractivity contribution in [2.75, 3.05) is 13.6 Å². The summed E-state index contributed by atoms with van der Waals surface area (Å²) in [6.07, 6.45) is 0.392. The first-order valence-corrected chi connectivity index (χ1v) is 6.32. The lowest BCUT2D eigenvalue weighted by Gasteiger charge is -2.16. The van der Waals surface area contributed by atoms with Crippen molar-refractivity contribution < 1.29 is 23.5 Å². The summed E-state index contributed by atoms with van der Waals surface area (Å²) >= 11 is 0. The predicted octanol–water partition coefficient (Wildman–Crippen LogP) is 2.00. The number of hydrogen-bond acceptors (Lipinski definition) is 2. The number of carboxylic acids is 1. The first-order valence-electron chi connectivity index (χ1n) is 6.32. The van der Waals surface area contributed by atoms with Crippen LogP contribution < -0.4 is 0 Å². The van der Waals surface area contributed by atoms with Crippen molar-refractivity contribution in [3.05, 3.63) is 35.4 Å². The highest BCUT2D eigenvalue weighted by atomic mass is 19.1. The number of amides is 1. The Morgan fingerprint density at radius 1 is 1.40 bits per heavy atom. The minimum absolute atomic E-state index is 0.120. The minimum Gasteiger partial charge on any atom is -0.481 e. The maximum Gasteiger partial charge on any atom is 0.305 e. The number of rotatable bonds is 5. The summed E-state index contributed by atoms with van der Waals surface area (Å²) in [6.45, 7) is 0.128. The second-order valence-electron chi connectivity index (χ2n) is 5.02. The van der Waals surface area contributed by atoms with Crippen LogP contribution >= 0.6 is 0 Å². The highest BCUT2D eigenvalue weighted by molar-refractivity contribution is 5.83. The Balaban J connectivity index is 1.97. The number of carboxylic acid groups (broad SMARTS) is 1. The fourth-order valence-electron chi connectivity index (χ4n) is 2.27. The van der Waals surface area contributed by atoms with Crippen molar-refractivity contribution in [2.45, 2.75) is 18.8 Å². The second kappa shape index (κ2) is 5.56. The molecule has 0 radical (unpaired) electrons. The lowest BCUT2D eigenvalue weighted by Crippen LogP contribution is -2.30. The summed E-state index contributed by atoms with van der Waals surface area (Å²) in [5.41, 5.74) is 0.344. The van der Waals surface area contributed by atoms with Gasteiger partial charge in [0.25, 0.3) is 0 Å². The van der Waals surface area contributed by atoms with Crippen molar-refractivity contribution >= 4 is 11.9 Å². The highest BCUT2D eigenvalue weighted by Crippen LogP contribution is 2.49. The van der Waals surface area contributed by atoms with Crippen LogP contribution in [0.15, 0.2) is 18.2 Å². The molecular weight excluding hydrogens is 268 g/mol. The Morgan fingerprint density at radius 2 is 2.10 bits per heavy atom. The summed E-state index contributed by atoms with van der Waals surface area (Å²) in [4.78, 5) is 23.8. The van der Waals surface area contributed by atoms with Crippen LogP contribution in [0.3, 0.4) is 0 Å². The molecule has 1 amide bonds. The molecule has 4 nitrogen and oxygen atoms in total. The molecule has 1 aromatic carbocycles. The molecule has 108 valence electrons. The fraction of sp³-hybridized carbons (Fsp3) is 0.429. The normalized spacial score (nSPS) is 20.6. The third-order valence-electron chi connectivity index (χ3n) is 3.51. The van der Waals surface area contributed by atoms with Crippen molar-refractivity contribution in [1.29, 1.82) is 0 Å². The molecule has 2 atom stereocenters. The van der Waals surface area contributed by atoms with E-state index in [0.29, 0.717) is 12.0 Å². The minimum atomic E-state index is -0.971. The van der Waals surface area contributed by atoms with Gasteiger partial charge in [-0.05, 0) is 24.0 Å². The van der Waals surface area contributed by atoms with Crippen LogP contribution in [0.5, 0.6) is 0 Å². The van der Waals surface area contributed by atoms with E-state index in [1.807, 2.05) is 0 Å². The standard InChI is InChI=1S/C14H15F2NO3/c1-17(5-4-13(18)19)14(20)11-7-10(11)9-3-2-8(15)6-12(9)16/h2-3,6,10-11H,4-5,7H2,1H3,(H,18,19). The molecule has 0 aliphatic heterocycles. The van der Waals surface area contributed by atoms with E-state index in [1.54, 1.807) is 0 Å². The summed E-state index contributed by atoms with van der Waals surface area (Å²) < 4.78 is 26.4. The lowest BCUT2D eigenvalue weighted by atomic mass is 10.1. The Hall–Kier alpha value is -1.98. The summed E-state index contributed by atoms with van der Waals surface area (Å²) in [6, 6.07) is 3.34. The van der Waals surface area contributed by atoms with Crippen LogP contribution in [0.2, 0.25) is 0 Å². The number of nitrogens with zero attached hydrogens (tertiary/aromatic N) is 1. The van der Waals surface area contributed by atoms with Crippen molar-refractivity contribution in [3.8, 4) is 0 Å². The SMILES string of the molecule is CN(CCC(=O)O)C(=O)C1CC1c1ccc(F)cc1F. The average molecular weight is 283 g/mol. The van der Waals surface area contributed by atoms with Gasteiger partial charge in [-0.2, -0.15) is 0 Å². The van der Waals surface area contributed by atoms with Crippen LogP contribution in [-0.4, -0.2) is 35.5 Å². The van der Waals surface area contributed by atoms with Crippen LogP contribution in [0.4, 0.5) is 8.78 Å². The van der Waals surface area contributed by atoms with E-state index >= 15 is 0 Å². The van der Waals surface area contributed by atoms with Crippen LogP contribution in [-0.2, 0) is 9.59 Å². The molecule has 6 heteroatoms. The van der Waals surface area contributed by atoms with E-state index in [2.05, 4.69) is 0 Å². The molecular formula is C14H15F2NO3. The van der Waals surface area contributed by atoms with E-state index in [1.165, 1.54) is 24.1 Å². The van der Waals surface area contributed by atoms with Gasteiger partial charge in [-0.25, -0.2) is 8.78 Å². The number of aliphatic carboxylic acids is 1. The van der Waals surface area contributed by atoms with Crippen molar-refractivity contribution in [1.82, 2.24) is 4.90 Å². The molecule has 0 bridgehead atoms. The molecule has 0 aromatic heterocycles. The van der Waals surface area contributed by atoms with Gasteiger partial charge in [0.15, 0.2) is 0 Å². The first-order chi connectivity index (χ1) is 9.40. The molecule has 1 aliphatic carbocycles. The third kappa shape index (κ3) is 3.12. The van der Waals surface area contributed by atoms with E-state index in [-0.39, 0.29) is 30.7 Å². The molecule has 1 aliphatic rings. The predicted molar refractivity (Wildman–Crippen MR) is 67.1 cm³/mol. The van der Waals surface area contributed by atoms with E-state index < -0.39 is 17.6 Å². The van der Waals surface area contributed by atoms with Gasteiger partial charge in [0.05, 0.1) is 6.42 Å². The van der Waals surface area contributed by atoms with Crippen LogP contribution in [0, 0.1) is 17.6 Å². The molecule has 20 heavy (non-hydrogen) atoms. The van der Waals surface area contributed by atoms with Crippen LogP contribution in [0.1, 0.15) is 24.3 Å². The fourth-order valence-corrected chi connectivity index (χ4v) is 2.27. The summed E-state index contributed by atoms with van der Waals surface area (Å²) in [7, 11) is 1.53. The van der Waals surface area contributed by atoms with Gasteiger partial charge < -0.3 is 10.0 Å². The summed E-state index contributed by atoms with van der Waals surface area (Å²) in [5, 5.41) is 8.57. The number of benzene rings is 1. The molecule has 2 unspecified atom stereocenters. The number of hydrogen-bond donors (Lipinski definition) is 1. The molecule has 0 heterocycles. The second-order valence-corrected chi connectivity index (χ2v) is 5.02. The smallest absolute Gasteiger partial charge is 0.305 e. The lowest BCUT2D eigenvalue weighted by molar-refractivity contribution is -0.138. The number of carbonyl (C=O) groups excluding carboxylic acids is 1. The quantitative estimate of drug-likeness (QED) is 0.899. The molecule has 0 spiro atoms. The Bertz CT molecular complexity index is 547. The van der Waals surface area contributed by atoms with E-state index in [0.717, 1.165) is 6.07 Å². The molecule has 0 saturated heterocycles. The molecule has 1 fully saturated rings. The van der Waals surface area contributed by atoms with Gasteiger partial charge in [-0.1, -0.05) is 6.07 Å².